The number of thiazole rings is 1. The van der Waals surface area contributed by atoms with Gasteiger partial charge in [-0.2, -0.15) is 0 Å². The molecule has 0 unspecified atom stereocenters. The first kappa shape index (κ1) is 19.9. The van der Waals surface area contributed by atoms with Crippen LogP contribution in [-0.4, -0.2) is 24.0 Å². The maximum atomic E-state index is 12.2. The van der Waals surface area contributed by atoms with Crippen molar-refractivity contribution in [3.63, 3.8) is 0 Å². The Labute approximate surface area is 167 Å². The van der Waals surface area contributed by atoms with Crippen molar-refractivity contribution < 1.29 is 4.79 Å². The summed E-state index contributed by atoms with van der Waals surface area (Å²) in [7, 11) is 2.20. The number of hydrogen-bond donors (Lipinski definition) is 1. The van der Waals surface area contributed by atoms with E-state index < -0.39 is 0 Å². The van der Waals surface area contributed by atoms with Crippen molar-refractivity contribution in [1.82, 2.24) is 10.3 Å². The van der Waals surface area contributed by atoms with Gasteiger partial charge in [-0.05, 0) is 30.5 Å². The second kappa shape index (κ2) is 9.36. The fraction of sp³-hybridized carbons (Fsp3) is 0.545. The lowest BCUT2D eigenvalue weighted by Crippen LogP contribution is -2.33. The molecule has 1 aromatic carbocycles. The number of carbonyl (C=O) groups is 1. The summed E-state index contributed by atoms with van der Waals surface area (Å²) < 4.78 is 0. The van der Waals surface area contributed by atoms with Crippen molar-refractivity contribution in [3.05, 3.63) is 45.9 Å². The van der Waals surface area contributed by atoms with E-state index in [0.29, 0.717) is 24.9 Å². The standard InChI is InChI=1S/C22H31N3OS/c1-16(2)22-24-18(15-27-22)13-21(26)23-14-17-9-11-20(12-10-17)25(3)19-7-5-4-6-8-19/h9-12,15-16,19H,4-8,13-14H2,1-3H3,(H,23,26). The summed E-state index contributed by atoms with van der Waals surface area (Å²) in [6.45, 7) is 4.81. The number of aromatic nitrogens is 1. The lowest BCUT2D eigenvalue weighted by Gasteiger charge is -2.33. The summed E-state index contributed by atoms with van der Waals surface area (Å²) in [4.78, 5) is 19.1. The maximum absolute atomic E-state index is 12.2. The normalized spacial score (nSPS) is 15.1. The number of amides is 1. The molecule has 27 heavy (non-hydrogen) atoms. The lowest BCUT2D eigenvalue weighted by molar-refractivity contribution is -0.120. The molecule has 0 atom stereocenters. The van der Waals surface area contributed by atoms with Crippen LogP contribution in [0, 0.1) is 0 Å². The van der Waals surface area contributed by atoms with Crippen LogP contribution < -0.4 is 10.2 Å². The third kappa shape index (κ3) is 5.55. The molecular weight excluding hydrogens is 354 g/mol. The highest BCUT2D eigenvalue weighted by Crippen LogP contribution is 2.26. The van der Waals surface area contributed by atoms with Gasteiger partial charge in [0.1, 0.15) is 0 Å². The summed E-state index contributed by atoms with van der Waals surface area (Å²) in [5.41, 5.74) is 3.26. The molecule has 5 heteroatoms. The van der Waals surface area contributed by atoms with Crippen molar-refractivity contribution in [2.24, 2.45) is 0 Å². The Morgan fingerprint density at radius 2 is 1.93 bits per heavy atom. The van der Waals surface area contributed by atoms with Crippen LogP contribution >= 0.6 is 11.3 Å². The van der Waals surface area contributed by atoms with E-state index in [-0.39, 0.29) is 5.91 Å². The molecule has 4 nitrogen and oxygen atoms in total. The summed E-state index contributed by atoms with van der Waals surface area (Å²) in [5.74, 6) is 0.441. The van der Waals surface area contributed by atoms with Crippen molar-refractivity contribution in [2.75, 3.05) is 11.9 Å². The zero-order chi connectivity index (χ0) is 19.2. The molecule has 146 valence electrons. The second-order valence-electron chi connectivity index (χ2n) is 7.85. The number of rotatable bonds is 7. The Balaban J connectivity index is 1.48. The Bertz CT molecular complexity index is 732. The smallest absolute Gasteiger partial charge is 0.226 e. The second-order valence-corrected chi connectivity index (χ2v) is 8.74. The molecule has 1 saturated carbocycles. The molecular formula is C22H31N3OS. The van der Waals surface area contributed by atoms with Gasteiger partial charge in [0.25, 0.3) is 0 Å². The minimum atomic E-state index is 0.0269. The molecule has 1 aromatic heterocycles. The average Bonchev–Trinajstić information content (AvgIpc) is 3.16. The number of benzene rings is 1. The Morgan fingerprint density at radius 1 is 1.22 bits per heavy atom. The van der Waals surface area contributed by atoms with Crippen LogP contribution in [0.1, 0.15) is 68.1 Å². The van der Waals surface area contributed by atoms with Crippen LogP contribution in [-0.2, 0) is 17.8 Å². The number of nitrogens with one attached hydrogen (secondary N) is 1. The van der Waals surface area contributed by atoms with E-state index in [1.54, 1.807) is 11.3 Å². The molecule has 0 bridgehead atoms. The van der Waals surface area contributed by atoms with Gasteiger partial charge in [-0.3, -0.25) is 4.79 Å². The number of hydrogen-bond acceptors (Lipinski definition) is 4. The summed E-state index contributed by atoms with van der Waals surface area (Å²) >= 11 is 1.63. The molecule has 1 aliphatic rings. The zero-order valence-electron chi connectivity index (χ0n) is 16.7. The highest BCUT2D eigenvalue weighted by molar-refractivity contribution is 7.09. The van der Waals surface area contributed by atoms with Crippen LogP contribution in [0.2, 0.25) is 0 Å². The highest BCUT2D eigenvalue weighted by atomic mass is 32.1. The Kier molecular flexibility index (Phi) is 6.89. The minimum Gasteiger partial charge on any atom is -0.372 e. The van der Waals surface area contributed by atoms with Gasteiger partial charge in [0.15, 0.2) is 0 Å². The van der Waals surface area contributed by atoms with Crippen LogP contribution in [0.25, 0.3) is 0 Å². The van der Waals surface area contributed by atoms with Crippen molar-refractivity contribution in [2.45, 2.75) is 70.9 Å². The fourth-order valence-electron chi connectivity index (χ4n) is 3.62. The van der Waals surface area contributed by atoms with Gasteiger partial charge in [0.2, 0.25) is 5.91 Å². The maximum Gasteiger partial charge on any atom is 0.226 e. The quantitative estimate of drug-likeness (QED) is 0.738. The van der Waals surface area contributed by atoms with Crippen molar-refractivity contribution in [3.8, 4) is 0 Å². The Morgan fingerprint density at radius 3 is 2.56 bits per heavy atom. The van der Waals surface area contributed by atoms with E-state index in [9.17, 15) is 4.79 Å². The first-order valence-electron chi connectivity index (χ1n) is 10.1. The summed E-state index contributed by atoms with van der Waals surface area (Å²) in [6, 6.07) is 9.25. The van der Waals surface area contributed by atoms with Crippen molar-refractivity contribution in [1.29, 1.82) is 0 Å². The SMILES string of the molecule is CC(C)c1nc(CC(=O)NCc2ccc(N(C)C3CCCCC3)cc2)cs1. The predicted molar refractivity (Wildman–Crippen MR) is 113 cm³/mol. The first-order valence-corrected chi connectivity index (χ1v) is 10.9. The largest absolute Gasteiger partial charge is 0.372 e. The molecule has 1 amide bonds. The molecule has 1 N–H and O–H groups in total. The Hall–Kier alpha value is -1.88. The zero-order valence-corrected chi connectivity index (χ0v) is 17.5. The van der Waals surface area contributed by atoms with E-state index >= 15 is 0 Å². The van der Waals surface area contributed by atoms with Crippen LogP contribution in [0.15, 0.2) is 29.6 Å². The fourth-order valence-corrected chi connectivity index (χ4v) is 4.46. The van der Waals surface area contributed by atoms with Gasteiger partial charge in [0.05, 0.1) is 17.1 Å². The number of carbonyl (C=O) groups excluding carboxylic acids is 1. The van der Waals surface area contributed by atoms with Gasteiger partial charge >= 0.3 is 0 Å². The number of anilines is 1. The van der Waals surface area contributed by atoms with E-state index in [1.807, 2.05) is 5.38 Å². The van der Waals surface area contributed by atoms with Gasteiger partial charge in [-0.25, -0.2) is 4.98 Å². The van der Waals surface area contributed by atoms with Crippen LogP contribution in [0.5, 0.6) is 0 Å². The van der Waals surface area contributed by atoms with Crippen LogP contribution in [0.3, 0.4) is 0 Å². The monoisotopic (exact) mass is 385 g/mol. The summed E-state index contributed by atoms with van der Waals surface area (Å²) in [5, 5.41) is 6.09. The molecule has 1 heterocycles. The molecule has 2 aromatic rings. The molecule has 1 aliphatic carbocycles. The van der Waals surface area contributed by atoms with Crippen molar-refractivity contribution >= 4 is 22.9 Å². The van der Waals surface area contributed by atoms with E-state index in [2.05, 4.69) is 60.4 Å². The van der Waals surface area contributed by atoms with Gasteiger partial charge in [-0.15, -0.1) is 11.3 Å². The third-order valence-electron chi connectivity index (χ3n) is 5.36. The third-order valence-corrected chi connectivity index (χ3v) is 6.55. The highest BCUT2D eigenvalue weighted by Gasteiger charge is 2.18. The molecule has 0 saturated heterocycles. The number of nitrogens with zero attached hydrogens (tertiary/aromatic N) is 2. The molecule has 3 rings (SSSR count). The first-order chi connectivity index (χ1) is 13.0. The van der Waals surface area contributed by atoms with Gasteiger partial charge in [-0.1, -0.05) is 45.2 Å². The van der Waals surface area contributed by atoms with E-state index in [4.69, 9.17) is 0 Å². The van der Waals surface area contributed by atoms with Gasteiger partial charge in [0, 0.05) is 36.6 Å². The predicted octanol–water partition coefficient (Wildman–Crippen LogP) is 4.89. The van der Waals surface area contributed by atoms with Crippen LogP contribution in [0.4, 0.5) is 5.69 Å². The molecule has 1 fully saturated rings. The average molecular weight is 386 g/mol. The topological polar surface area (TPSA) is 45.2 Å². The minimum absolute atomic E-state index is 0.0269. The summed E-state index contributed by atoms with van der Waals surface area (Å²) in [6.07, 6.45) is 7.01. The van der Waals surface area contributed by atoms with Gasteiger partial charge < -0.3 is 10.2 Å². The van der Waals surface area contributed by atoms with E-state index in [0.717, 1.165) is 16.3 Å². The lowest BCUT2D eigenvalue weighted by atomic mass is 9.94. The molecule has 0 aliphatic heterocycles. The van der Waals surface area contributed by atoms with E-state index in [1.165, 1.54) is 37.8 Å². The molecule has 0 spiro atoms. The molecule has 0 radical (unpaired) electrons.